The quantitative estimate of drug-likeness (QED) is 0.343. The lowest BCUT2D eigenvalue weighted by atomic mass is 9.86. The van der Waals surface area contributed by atoms with Crippen molar-refractivity contribution in [1.29, 1.82) is 0 Å². The van der Waals surface area contributed by atoms with E-state index in [1.165, 1.54) is 11.9 Å². The van der Waals surface area contributed by atoms with Crippen LogP contribution < -0.4 is 5.32 Å². The van der Waals surface area contributed by atoms with Crippen LogP contribution in [0.5, 0.6) is 0 Å². The number of anilines is 1. The number of nitrogens with zero attached hydrogens (tertiary/aromatic N) is 4. The molecule has 1 saturated heterocycles. The molecule has 5 rings (SSSR count). The molecule has 1 N–H and O–H groups in total. The van der Waals surface area contributed by atoms with Gasteiger partial charge in [-0.05, 0) is 59.4 Å². The summed E-state index contributed by atoms with van der Waals surface area (Å²) in [5.74, 6) is 1.01. The number of aromatic nitrogens is 3. The zero-order chi connectivity index (χ0) is 29.0. The van der Waals surface area contributed by atoms with Crippen molar-refractivity contribution in [3.8, 4) is 11.4 Å². The largest absolute Gasteiger partial charge is 0.378 e. The summed E-state index contributed by atoms with van der Waals surface area (Å²) in [5.41, 5.74) is 5.85. The van der Waals surface area contributed by atoms with E-state index in [-0.39, 0.29) is 17.2 Å². The summed E-state index contributed by atoms with van der Waals surface area (Å²) in [6.07, 6.45) is 2.01. The zero-order valence-corrected chi connectivity index (χ0v) is 24.0. The predicted octanol–water partition coefficient (Wildman–Crippen LogP) is 5.46. The first-order valence-corrected chi connectivity index (χ1v) is 13.8. The van der Waals surface area contributed by atoms with E-state index in [9.17, 15) is 9.59 Å². The molecule has 0 bridgehead atoms. The van der Waals surface area contributed by atoms with E-state index in [0.717, 1.165) is 16.7 Å². The molecule has 0 unspecified atom stereocenters. The van der Waals surface area contributed by atoms with Gasteiger partial charge in [0, 0.05) is 41.9 Å². The van der Waals surface area contributed by atoms with Crippen LogP contribution in [0.3, 0.4) is 0 Å². The van der Waals surface area contributed by atoms with Gasteiger partial charge in [0.15, 0.2) is 5.82 Å². The Morgan fingerprint density at radius 3 is 2.27 bits per heavy atom. The Hall–Kier alpha value is -4.43. The van der Waals surface area contributed by atoms with E-state index < -0.39 is 0 Å². The topological polar surface area (TPSA) is 97.3 Å². The van der Waals surface area contributed by atoms with Crippen LogP contribution in [0.25, 0.3) is 11.4 Å². The Morgan fingerprint density at radius 1 is 0.902 bits per heavy atom. The van der Waals surface area contributed by atoms with Crippen molar-refractivity contribution in [1.82, 2.24) is 19.9 Å². The molecule has 8 heteroatoms. The van der Waals surface area contributed by atoms with E-state index in [4.69, 9.17) is 9.72 Å². The van der Waals surface area contributed by atoms with Crippen LogP contribution in [0.2, 0.25) is 0 Å². The highest BCUT2D eigenvalue weighted by atomic mass is 16.5. The number of ether oxygens (including phenoxy) is 1. The highest BCUT2D eigenvalue weighted by molar-refractivity contribution is 6.05. The van der Waals surface area contributed by atoms with Gasteiger partial charge in [-0.25, -0.2) is 15.0 Å². The summed E-state index contributed by atoms with van der Waals surface area (Å²) < 4.78 is 5.34. The lowest BCUT2D eigenvalue weighted by Gasteiger charge is -2.26. The standard InChI is InChI=1S/C33H35N5O3/c1-22-27(6-5-7-28(22)36-31(39)24-12-14-26(15-13-24)33(2,3)4)30-35-21-34-29(37-30)20-23-8-10-25(11-9-23)32(40)38-16-18-41-19-17-38/h5-15,21H,16-20H2,1-4H3,(H,36,39). The van der Waals surface area contributed by atoms with Crippen molar-refractivity contribution in [2.45, 2.75) is 39.5 Å². The molecule has 0 saturated carbocycles. The van der Waals surface area contributed by atoms with Gasteiger partial charge in [0.2, 0.25) is 0 Å². The first-order chi connectivity index (χ1) is 19.7. The number of morpholine rings is 1. The highest BCUT2D eigenvalue weighted by Crippen LogP contribution is 2.27. The van der Waals surface area contributed by atoms with Gasteiger partial charge in [0.05, 0.1) is 13.2 Å². The smallest absolute Gasteiger partial charge is 0.255 e. The number of benzene rings is 3. The summed E-state index contributed by atoms with van der Waals surface area (Å²) in [7, 11) is 0. The van der Waals surface area contributed by atoms with Crippen molar-refractivity contribution in [3.63, 3.8) is 0 Å². The fourth-order valence-electron chi connectivity index (χ4n) is 4.77. The number of amides is 2. The van der Waals surface area contributed by atoms with Crippen molar-refractivity contribution < 1.29 is 14.3 Å². The number of carbonyl (C=O) groups excluding carboxylic acids is 2. The number of rotatable bonds is 6. The van der Waals surface area contributed by atoms with Crippen LogP contribution in [0.15, 0.2) is 73.1 Å². The molecule has 41 heavy (non-hydrogen) atoms. The first kappa shape index (κ1) is 28.1. The average molecular weight is 550 g/mol. The van der Waals surface area contributed by atoms with Crippen molar-refractivity contribution in [3.05, 3.63) is 107 Å². The third-order valence-corrected chi connectivity index (χ3v) is 7.32. The van der Waals surface area contributed by atoms with Crippen LogP contribution in [-0.4, -0.2) is 58.0 Å². The maximum atomic E-state index is 13.0. The van der Waals surface area contributed by atoms with E-state index in [1.54, 1.807) is 0 Å². The van der Waals surface area contributed by atoms with Gasteiger partial charge in [-0.1, -0.05) is 57.2 Å². The normalized spacial score (nSPS) is 13.6. The average Bonchev–Trinajstić information content (AvgIpc) is 2.98. The minimum Gasteiger partial charge on any atom is -0.378 e. The lowest BCUT2D eigenvalue weighted by Crippen LogP contribution is -2.40. The molecule has 210 valence electrons. The van der Waals surface area contributed by atoms with Gasteiger partial charge in [-0.3, -0.25) is 9.59 Å². The maximum Gasteiger partial charge on any atom is 0.255 e. The lowest BCUT2D eigenvalue weighted by molar-refractivity contribution is 0.0303. The number of hydrogen-bond donors (Lipinski definition) is 1. The van der Waals surface area contributed by atoms with Crippen LogP contribution in [0.4, 0.5) is 5.69 Å². The molecule has 0 spiro atoms. The predicted molar refractivity (Wildman–Crippen MR) is 159 cm³/mol. The molecular formula is C33H35N5O3. The van der Waals surface area contributed by atoms with Crippen LogP contribution in [-0.2, 0) is 16.6 Å². The highest BCUT2D eigenvalue weighted by Gasteiger charge is 2.19. The molecule has 0 radical (unpaired) electrons. The number of hydrogen-bond acceptors (Lipinski definition) is 6. The number of nitrogens with one attached hydrogen (secondary N) is 1. The molecule has 2 heterocycles. The van der Waals surface area contributed by atoms with Crippen LogP contribution in [0, 0.1) is 6.92 Å². The molecule has 1 aliphatic rings. The van der Waals surface area contributed by atoms with Gasteiger partial charge in [-0.2, -0.15) is 0 Å². The zero-order valence-electron chi connectivity index (χ0n) is 24.0. The molecule has 0 aliphatic carbocycles. The van der Waals surface area contributed by atoms with Gasteiger partial charge < -0.3 is 15.0 Å². The molecule has 4 aromatic rings. The monoisotopic (exact) mass is 549 g/mol. The number of carbonyl (C=O) groups is 2. The molecule has 0 atom stereocenters. The molecule has 2 amide bonds. The van der Waals surface area contributed by atoms with E-state index >= 15 is 0 Å². The second-order valence-electron chi connectivity index (χ2n) is 11.3. The Morgan fingerprint density at radius 2 is 1.59 bits per heavy atom. The Balaban J connectivity index is 1.29. The summed E-state index contributed by atoms with van der Waals surface area (Å²) >= 11 is 0. The first-order valence-electron chi connectivity index (χ1n) is 13.8. The van der Waals surface area contributed by atoms with E-state index in [2.05, 4.69) is 36.1 Å². The second-order valence-corrected chi connectivity index (χ2v) is 11.3. The van der Waals surface area contributed by atoms with E-state index in [1.807, 2.05) is 78.6 Å². The SMILES string of the molecule is Cc1c(NC(=O)c2ccc(C(C)(C)C)cc2)cccc1-c1ncnc(Cc2ccc(C(=O)N3CCOCC3)cc2)n1. The van der Waals surface area contributed by atoms with E-state index in [0.29, 0.717) is 61.2 Å². The minimum atomic E-state index is -0.169. The summed E-state index contributed by atoms with van der Waals surface area (Å²) in [6, 6.07) is 21.0. The summed E-state index contributed by atoms with van der Waals surface area (Å²) in [4.78, 5) is 41.1. The Bertz CT molecular complexity index is 1540. The molecular weight excluding hydrogens is 514 g/mol. The van der Waals surface area contributed by atoms with Gasteiger partial charge in [-0.15, -0.1) is 0 Å². The molecule has 8 nitrogen and oxygen atoms in total. The molecule has 1 aliphatic heterocycles. The maximum absolute atomic E-state index is 13.0. The van der Waals surface area contributed by atoms with Crippen molar-refractivity contribution in [2.24, 2.45) is 0 Å². The van der Waals surface area contributed by atoms with Crippen LogP contribution in [0.1, 0.15) is 64.0 Å². The van der Waals surface area contributed by atoms with Gasteiger partial charge >= 0.3 is 0 Å². The summed E-state index contributed by atoms with van der Waals surface area (Å²) in [6.45, 7) is 10.8. The Kier molecular flexibility index (Phi) is 8.21. The minimum absolute atomic E-state index is 0.0201. The third kappa shape index (κ3) is 6.66. The molecule has 1 aromatic heterocycles. The van der Waals surface area contributed by atoms with Crippen molar-refractivity contribution in [2.75, 3.05) is 31.6 Å². The van der Waals surface area contributed by atoms with Gasteiger partial charge in [0.1, 0.15) is 12.2 Å². The van der Waals surface area contributed by atoms with Crippen molar-refractivity contribution >= 4 is 17.5 Å². The molecule has 1 fully saturated rings. The Labute approximate surface area is 240 Å². The molecule has 3 aromatic carbocycles. The van der Waals surface area contributed by atoms with Gasteiger partial charge in [0.25, 0.3) is 11.8 Å². The third-order valence-electron chi connectivity index (χ3n) is 7.32. The second kappa shape index (κ2) is 12.0. The fourth-order valence-corrected chi connectivity index (χ4v) is 4.77. The summed E-state index contributed by atoms with van der Waals surface area (Å²) in [5, 5.41) is 3.04. The van der Waals surface area contributed by atoms with Crippen LogP contribution >= 0.6 is 0 Å². The fraction of sp³-hybridized carbons (Fsp3) is 0.303.